The fourth-order valence-corrected chi connectivity index (χ4v) is 3.59. The van der Waals surface area contributed by atoms with Crippen molar-refractivity contribution in [2.75, 3.05) is 0 Å². The summed E-state index contributed by atoms with van der Waals surface area (Å²) in [6.45, 7) is 1.97. The number of carbonyl (C=O) groups is 1. The SMILES string of the molecule is C[C@H](NC(=O)C[C@H](c1ccccc1)c1cc(Br)ccc1O)c1ccccc1. The van der Waals surface area contributed by atoms with Crippen molar-refractivity contribution in [1.82, 2.24) is 5.32 Å². The first kappa shape index (κ1) is 19.2. The molecule has 1 amide bonds. The van der Waals surface area contributed by atoms with Gasteiger partial charge in [-0.25, -0.2) is 0 Å². The van der Waals surface area contributed by atoms with E-state index in [9.17, 15) is 9.90 Å². The summed E-state index contributed by atoms with van der Waals surface area (Å²) in [4.78, 5) is 12.8. The Hall–Kier alpha value is -2.59. The highest BCUT2D eigenvalue weighted by Gasteiger charge is 2.22. The minimum Gasteiger partial charge on any atom is -0.508 e. The number of nitrogens with one attached hydrogen (secondary N) is 1. The molecule has 0 spiro atoms. The van der Waals surface area contributed by atoms with Crippen LogP contribution in [0.2, 0.25) is 0 Å². The van der Waals surface area contributed by atoms with E-state index in [1.54, 1.807) is 12.1 Å². The first-order valence-corrected chi connectivity index (χ1v) is 9.71. The number of aromatic hydroxyl groups is 1. The minimum atomic E-state index is -0.230. The summed E-state index contributed by atoms with van der Waals surface area (Å²) in [5.74, 6) is -0.0952. The molecule has 0 saturated carbocycles. The maximum absolute atomic E-state index is 12.8. The largest absolute Gasteiger partial charge is 0.508 e. The summed E-state index contributed by atoms with van der Waals surface area (Å²) < 4.78 is 0.870. The number of carbonyl (C=O) groups excluding carboxylic acids is 1. The molecule has 4 heteroatoms. The van der Waals surface area contributed by atoms with E-state index in [1.165, 1.54) is 0 Å². The molecule has 0 aliphatic carbocycles. The molecule has 0 saturated heterocycles. The number of phenolic OH excluding ortho intramolecular Hbond substituents is 1. The van der Waals surface area contributed by atoms with Crippen LogP contribution in [0.1, 0.15) is 42.0 Å². The second-order valence-electron chi connectivity index (χ2n) is 6.57. The van der Waals surface area contributed by atoms with Gasteiger partial charge in [0.05, 0.1) is 6.04 Å². The minimum absolute atomic E-state index is 0.0559. The molecule has 0 bridgehead atoms. The van der Waals surface area contributed by atoms with Crippen LogP contribution in [0.4, 0.5) is 0 Å². The van der Waals surface area contributed by atoms with Gasteiger partial charge in [-0.2, -0.15) is 0 Å². The van der Waals surface area contributed by atoms with Crippen molar-refractivity contribution >= 4 is 21.8 Å². The van der Waals surface area contributed by atoms with Crippen LogP contribution >= 0.6 is 15.9 Å². The van der Waals surface area contributed by atoms with E-state index in [1.807, 2.05) is 73.7 Å². The summed E-state index contributed by atoms with van der Waals surface area (Å²) in [5.41, 5.74) is 2.79. The smallest absolute Gasteiger partial charge is 0.221 e. The van der Waals surface area contributed by atoms with Crippen LogP contribution in [-0.2, 0) is 4.79 Å². The Morgan fingerprint density at radius 1 is 0.963 bits per heavy atom. The molecular formula is C23H22BrNO2. The van der Waals surface area contributed by atoms with Crippen LogP contribution in [0.15, 0.2) is 83.3 Å². The topological polar surface area (TPSA) is 49.3 Å². The second-order valence-corrected chi connectivity index (χ2v) is 7.49. The quantitative estimate of drug-likeness (QED) is 0.545. The van der Waals surface area contributed by atoms with Crippen LogP contribution < -0.4 is 5.32 Å². The van der Waals surface area contributed by atoms with E-state index < -0.39 is 0 Å². The Balaban J connectivity index is 1.83. The summed E-state index contributed by atoms with van der Waals surface area (Å²) in [7, 11) is 0. The van der Waals surface area contributed by atoms with Gasteiger partial charge in [0.25, 0.3) is 0 Å². The molecule has 0 aliphatic rings. The van der Waals surface area contributed by atoms with Gasteiger partial charge >= 0.3 is 0 Å². The van der Waals surface area contributed by atoms with Gasteiger partial charge in [-0.05, 0) is 36.2 Å². The molecule has 2 N–H and O–H groups in total. The van der Waals surface area contributed by atoms with Crippen LogP contribution in [0, 0.1) is 0 Å². The van der Waals surface area contributed by atoms with Gasteiger partial charge < -0.3 is 10.4 Å². The number of halogens is 1. The molecule has 3 rings (SSSR count). The van der Waals surface area contributed by atoms with Crippen LogP contribution in [0.3, 0.4) is 0 Å². The monoisotopic (exact) mass is 423 g/mol. The lowest BCUT2D eigenvalue weighted by atomic mass is 9.87. The van der Waals surface area contributed by atoms with E-state index in [-0.39, 0.29) is 30.0 Å². The highest BCUT2D eigenvalue weighted by atomic mass is 79.9. The van der Waals surface area contributed by atoms with E-state index >= 15 is 0 Å². The van der Waals surface area contributed by atoms with Gasteiger partial charge in [0, 0.05) is 22.4 Å². The molecule has 3 aromatic carbocycles. The third kappa shape index (κ3) is 4.98. The van der Waals surface area contributed by atoms with Crippen molar-refractivity contribution < 1.29 is 9.90 Å². The first-order chi connectivity index (χ1) is 13.0. The van der Waals surface area contributed by atoms with E-state index in [0.717, 1.165) is 21.2 Å². The molecule has 3 aromatic rings. The molecule has 0 aromatic heterocycles. The molecule has 2 atom stereocenters. The lowest BCUT2D eigenvalue weighted by Gasteiger charge is -2.21. The van der Waals surface area contributed by atoms with Crippen molar-refractivity contribution in [1.29, 1.82) is 0 Å². The van der Waals surface area contributed by atoms with Crippen molar-refractivity contribution in [3.05, 3.63) is 100 Å². The van der Waals surface area contributed by atoms with Crippen LogP contribution in [0.5, 0.6) is 5.75 Å². The third-order valence-electron chi connectivity index (χ3n) is 4.63. The zero-order chi connectivity index (χ0) is 19.2. The Labute approximate surface area is 168 Å². The fourth-order valence-electron chi connectivity index (χ4n) is 3.21. The zero-order valence-electron chi connectivity index (χ0n) is 15.1. The maximum Gasteiger partial charge on any atom is 0.221 e. The van der Waals surface area contributed by atoms with Gasteiger partial charge in [0.1, 0.15) is 5.75 Å². The molecule has 27 heavy (non-hydrogen) atoms. The summed E-state index contributed by atoms with van der Waals surface area (Å²) in [5, 5.41) is 13.5. The Morgan fingerprint density at radius 3 is 2.19 bits per heavy atom. The highest BCUT2D eigenvalue weighted by molar-refractivity contribution is 9.10. The molecule has 0 aliphatic heterocycles. The number of phenols is 1. The average molecular weight is 424 g/mol. The van der Waals surface area contributed by atoms with Gasteiger partial charge in [-0.1, -0.05) is 76.6 Å². The Bertz CT molecular complexity index is 897. The molecule has 0 heterocycles. The van der Waals surface area contributed by atoms with Crippen molar-refractivity contribution in [2.45, 2.75) is 25.3 Å². The van der Waals surface area contributed by atoms with E-state index in [4.69, 9.17) is 0 Å². The molecule has 138 valence electrons. The maximum atomic E-state index is 12.8. The molecule has 3 nitrogen and oxygen atoms in total. The van der Waals surface area contributed by atoms with E-state index in [2.05, 4.69) is 21.2 Å². The number of hydrogen-bond acceptors (Lipinski definition) is 2. The van der Waals surface area contributed by atoms with Crippen molar-refractivity contribution in [3.63, 3.8) is 0 Å². The van der Waals surface area contributed by atoms with Crippen LogP contribution in [0.25, 0.3) is 0 Å². The molecular weight excluding hydrogens is 402 g/mol. The highest BCUT2D eigenvalue weighted by Crippen LogP contribution is 2.35. The number of rotatable bonds is 6. The molecule has 0 fully saturated rings. The van der Waals surface area contributed by atoms with Gasteiger partial charge in [0.2, 0.25) is 5.91 Å². The van der Waals surface area contributed by atoms with E-state index in [0.29, 0.717) is 0 Å². The van der Waals surface area contributed by atoms with Crippen LogP contribution in [-0.4, -0.2) is 11.0 Å². The first-order valence-electron chi connectivity index (χ1n) is 8.92. The average Bonchev–Trinajstić information content (AvgIpc) is 2.69. The summed E-state index contributed by atoms with van der Waals surface area (Å²) in [6.07, 6.45) is 0.255. The predicted octanol–water partition coefficient (Wildman–Crippen LogP) is 5.55. The normalized spacial score (nSPS) is 13.0. The fraction of sp³-hybridized carbons (Fsp3) is 0.174. The number of benzene rings is 3. The Morgan fingerprint density at radius 2 is 1.56 bits per heavy atom. The lowest BCUT2D eigenvalue weighted by Crippen LogP contribution is -2.28. The molecule has 0 radical (unpaired) electrons. The van der Waals surface area contributed by atoms with Gasteiger partial charge in [-0.15, -0.1) is 0 Å². The molecule has 0 unspecified atom stereocenters. The second kappa shape index (κ2) is 8.87. The number of hydrogen-bond donors (Lipinski definition) is 2. The van der Waals surface area contributed by atoms with Crippen molar-refractivity contribution in [3.8, 4) is 5.75 Å². The summed E-state index contributed by atoms with van der Waals surface area (Å²) >= 11 is 3.46. The Kier molecular flexibility index (Phi) is 6.30. The van der Waals surface area contributed by atoms with Crippen molar-refractivity contribution in [2.24, 2.45) is 0 Å². The summed E-state index contributed by atoms with van der Waals surface area (Å²) in [6, 6.07) is 24.9. The zero-order valence-corrected chi connectivity index (χ0v) is 16.7. The predicted molar refractivity (Wildman–Crippen MR) is 112 cm³/mol. The standard InChI is InChI=1S/C23H22BrNO2/c1-16(17-8-4-2-5-9-17)25-23(27)15-20(18-10-6-3-7-11-18)21-14-19(24)12-13-22(21)26/h2-14,16,20,26H,15H2,1H3,(H,25,27)/t16-,20+/m0/s1. The lowest BCUT2D eigenvalue weighted by molar-refractivity contribution is -0.121. The van der Waals surface area contributed by atoms with Gasteiger partial charge in [-0.3, -0.25) is 4.79 Å². The number of amides is 1. The van der Waals surface area contributed by atoms with Gasteiger partial charge in [0.15, 0.2) is 0 Å². The third-order valence-corrected chi connectivity index (χ3v) is 5.13.